The van der Waals surface area contributed by atoms with Crippen molar-refractivity contribution in [2.75, 3.05) is 24.4 Å². The maximum absolute atomic E-state index is 11.5. The number of amidine groups is 1. The van der Waals surface area contributed by atoms with Crippen LogP contribution in [0.4, 0.5) is 5.69 Å². The Morgan fingerprint density at radius 1 is 1.54 bits per heavy atom. The van der Waals surface area contributed by atoms with Crippen molar-refractivity contribution < 1.29 is 18.6 Å². The van der Waals surface area contributed by atoms with Crippen LogP contribution in [-0.4, -0.2) is 45.4 Å². The number of nitrogens with zero attached hydrogens (tertiary/aromatic N) is 2. The van der Waals surface area contributed by atoms with Gasteiger partial charge in [-0.1, -0.05) is 6.07 Å². The van der Waals surface area contributed by atoms with Crippen LogP contribution in [0.1, 0.15) is 25.3 Å². The number of hydrogen-bond donors (Lipinski definition) is 4. The molecule has 132 valence electrons. The van der Waals surface area contributed by atoms with Crippen LogP contribution >= 0.6 is 11.0 Å². The number of benzene rings is 1. The summed E-state index contributed by atoms with van der Waals surface area (Å²) in [4.78, 5) is 13.4. The molecule has 5 N–H and O–H groups in total. The van der Waals surface area contributed by atoms with E-state index in [0.717, 1.165) is 19.4 Å². The van der Waals surface area contributed by atoms with Crippen LogP contribution in [0, 0.1) is 5.92 Å². The number of ether oxygens (including phenoxy) is 1. The standard InChI is InChI=1S/C15H22N4O4S/c1-10(20)19-7-3-4-11(8-19)9-23-13-6-2-5-12-14(13)15(16)18-24(21,22)17-12/h2,5-6,11,17,21-22H,3-4,7-9H2,1H3,(H2,16,18). The fourth-order valence-electron chi connectivity index (χ4n) is 3.05. The molecule has 0 saturated carbocycles. The molecule has 1 aromatic rings. The molecule has 2 aliphatic heterocycles. The van der Waals surface area contributed by atoms with E-state index in [2.05, 4.69) is 9.12 Å². The second-order valence-corrected chi connectivity index (χ2v) is 7.48. The number of anilines is 1. The molecule has 0 bridgehead atoms. The summed E-state index contributed by atoms with van der Waals surface area (Å²) >= 11 is 0. The molecule has 0 aliphatic carbocycles. The minimum Gasteiger partial charge on any atom is -0.492 e. The Bertz CT molecular complexity index is 679. The van der Waals surface area contributed by atoms with Crippen LogP contribution in [0.25, 0.3) is 0 Å². The zero-order chi connectivity index (χ0) is 17.3. The van der Waals surface area contributed by atoms with Gasteiger partial charge in [-0.3, -0.25) is 18.6 Å². The topological polar surface area (TPSA) is 120 Å². The van der Waals surface area contributed by atoms with E-state index in [-0.39, 0.29) is 17.7 Å². The maximum Gasteiger partial charge on any atom is 0.219 e. The lowest BCUT2D eigenvalue weighted by Crippen LogP contribution is -2.40. The van der Waals surface area contributed by atoms with E-state index in [9.17, 15) is 13.9 Å². The number of nitrogens with two attached hydrogens (primary N) is 1. The number of carbonyl (C=O) groups excluding carboxylic acids is 1. The molecule has 1 fully saturated rings. The highest BCUT2D eigenvalue weighted by Crippen LogP contribution is 2.46. The molecule has 2 aliphatic rings. The zero-order valence-corrected chi connectivity index (χ0v) is 14.3. The molecular weight excluding hydrogens is 332 g/mol. The molecule has 2 heterocycles. The third-order valence-electron chi connectivity index (χ3n) is 4.19. The summed E-state index contributed by atoms with van der Waals surface area (Å²) in [5.41, 5.74) is 6.88. The van der Waals surface area contributed by atoms with Gasteiger partial charge in [0.25, 0.3) is 0 Å². The van der Waals surface area contributed by atoms with Gasteiger partial charge >= 0.3 is 0 Å². The molecule has 8 nitrogen and oxygen atoms in total. The average molecular weight is 354 g/mol. The lowest BCUT2D eigenvalue weighted by Gasteiger charge is -2.34. The maximum atomic E-state index is 11.5. The molecule has 0 spiro atoms. The zero-order valence-electron chi connectivity index (χ0n) is 13.4. The summed E-state index contributed by atoms with van der Waals surface area (Å²) in [6, 6.07) is 5.21. The van der Waals surface area contributed by atoms with Crippen molar-refractivity contribution in [1.29, 1.82) is 0 Å². The SMILES string of the molecule is CC(=O)N1CCCC(COc2cccc3c2C(N)=NS(O)(O)N3)C1. The smallest absolute Gasteiger partial charge is 0.219 e. The van der Waals surface area contributed by atoms with Crippen LogP contribution in [0.5, 0.6) is 5.75 Å². The van der Waals surface area contributed by atoms with Crippen molar-refractivity contribution in [3.8, 4) is 5.75 Å². The number of fused-ring (bicyclic) bond motifs is 1. The normalized spacial score (nSPS) is 23.5. The van der Waals surface area contributed by atoms with Gasteiger partial charge in [0.1, 0.15) is 5.75 Å². The van der Waals surface area contributed by atoms with Gasteiger partial charge < -0.3 is 15.4 Å². The van der Waals surface area contributed by atoms with Crippen molar-refractivity contribution >= 4 is 28.4 Å². The number of nitrogens with one attached hydrogen (secondary N) is 1. The first-order chi connectivity index (χ1) is 11.4. The average Bonchev–Trinajstić information content (AvgIpc) is 2.51. The third kappa shape index (κ3) is 3.58. The Labute approximate surface area is 142 Å². The van der Waals surface area contributed by atoms with Gasteiger partial charge in [0.2, 0.25) is 5.91 Å². The largest absolute Gasteiger partial charge is 0.492 e. The lowest BCUT2D eigenvalue weighted by molar-refractivity contribution is -0.130. The lowest BCUT2D eigenvalue weighted by atomic mass is 9.99. The Balaban J connectivity index is 1.72. The van der Waals surface area contributed by atoms with E-state index in [1.165, 1.54) is 0 Å². The molecule has 1 atom stereocenters. The first-order valence-corrected chi connectivity index (χ1v) is 9.29. The molecule has 1 aromatic carbocycles. The van der Waals surface area contributed by atoms with Crippen LogP contribution in [0.2, 0.25) is 0 Å². The van der Waals surface area contributed by atoms with Gasteiger partial charge in [-0.15, -0.1) is 4.40 Å². The Morgan fingerprint density at radius 3 is 3.08 bits per heavy atom. The number of piperidine rings is 1. The number of carbonyl (C=O) groups is 1. The highest BCUT2D eigenvalue weighted by atomic mass is 32.3. The van der Waals surface area contributed by atoms with Gasteiger partial charge in [0.15, 0.2) is 5.84 Å². The van der Waals surface area contributed by atoms with E-state index in [1.807, 2.05) is 4.90 Å². The summed E-state index contributed by atoms with van der Waals surface area (Å²) in [5.74, 6) is 0.917. The molecule has 9 heteroatoms. The van der Waals surface area contributed by atoms with Crippen molar-refractivity contribution in [3.63, 3.8) is 0 Å². The van der Waals surface area contributed by atoms with E-state index < -0.39 is 11.0 Å². The molecule has 1 unspecified atom stereocenters. The van der Waals surface area contributed by atoms with Crippen molar-refractivity contribution in [1.82, 2.24) is 4.90 Å². The van der Waals surface area contributed by atoms with Gasteiger partial charge in [-0.2, -0.15) is 0 Å². The second-order valence-electron chi connectivity index (χ2n) is 6.06. The molecule has 1 saturated heterocycles. The van der Waals surface area contributed by atoms with Crippen LogP contribution in [-0.2, 0) is 4.79 Å². The van der Waals surface area contributed by atoms with Gasteiger partial charge in [-0.25, -0.2) is 0 Å². The second kappa shape index (κ2) is 6.50. The first kappa shape index (κ1) is 16.9. The summed E-state index contributed by atoms with van der Waals surface area (Å²) < 4.78 is 31.5. The van der Waals surface area contributed by atoms with Crippen LogP contribution in [0.15, 0.2) is 22.6 Å². The number of hydrogen-bond acceptors (Lipinski definition) is 7. The van der Waals surface area contributed by atoms with Gasteiger partial charge in [-0.05, 0) is 35.9 Å². The van der Waals surface area contributed by atoms with Gasteiger partial charge in [0.05, 0.1) is 17.9 Å². The van der Waals surface area contributed by atoms with Crippen LogP contribution in [0.3, 0.4) is 0 Å². The van der Waals surface area contributed by atoms with E-state index in [0.29, 0.717) is 30.2 Å². The van der Waals surface area contributed by atoms with E-state index in [1.54, 1.807) is 25.1 Å². The number of amides is 1. The first-order valence-electron chi connectivity index (χ1n) is 7.79. The minimum absolute atomic E-state index is 0.0355. The molecule has 0 radical (unpaired) electrons. The van der Waals surface area contributed by atoms with Crippen molar-refractivity contribution in [2.24, 2.45) is 16.0 Å². The number of rotatable bonds is 3. The fourth-order valence-corrected chi connectivity index (χ4v) is 3.92. The number of likely N-dealkylation sites (tertiary alicyclic amines) is 1. The monoisotopic (exact) mass is 354 g/mol. The molecular formula is C15H22N4O4S. The minimum atomic E-state index is -3.30. The quantitative estimate of drug-likeness (QED) is 0.659. The summed E-state index contributed by atoms with van der Waals surface area (Å²) in [7, 11) is -3.30. The summed E-state index contributed by atoms with van der Waals surface area (Å²) in [5, 5.41) is 0. The van der Waals surface area contributed by atoms with E-state index >= 15 is 0 Å². The molecule has 1 amide bonds. The Morgan fingerprint density at radius 2 is 2.33 bits per heavy atom. The molecule has 3 rings (SSSR count). The third-order valence-corrected chi connectivity index (χ3v) is 5.14. The van der Waals surface area contributed by atoms with Crippen LogP contribution < -0.4 is 15.2 Å². The summed E-state index contributed by atoms with van der Waals surface area (Å²) in [6.45, 7) is 3.53. The highest BCUT2D eigenvalue weighted by Gasteiger charge is 2.26. The molecule has 24 heavy (non-hydrogen) atoms. The molecule has 0 aromatic heterocycles. The van der Waals surface area contributed by atoms with Crippen molar-refractivity contribution in [3.05, 3.63) is 23.8 Å². The summed E-state index contributed by atoms with van der Waals surface area (Å²) in [6.07, 6.45) is 1.97. The highest BCUT2D eigenvalue weighted by molar-refractivity contribution is 8.24. The fraction of sp³-hybridized carbons (Fsp3) is 0.467. The van der Waals surface area contributed by atoms with E-state index in [4.69, 9.17) is 10.5 Å². The van der Waals surface area contributed by atoms with Gasteiger partial charge in [0, 0.05) is 25.9 Å². The Kier molecular flexibility index (Phi) is 4.57. The Hall–Kier alpha value is -1.97. The predicted molar refractivity (Wildman–Crippen MR) is 94.1 cm³/mol. The van der Waals surface area contributed by atoms with Crippen molar-refractivity contribution in [2.45, 2.75) is 19.8 Å². The predicted octanol–water partition coefficient (Wildman–Crippen LogP) is 2.04.